The highest BCUT2D eigenvalue weighted by Gasteiger charge is 2.17. The number of ether oxygens (including phenoxy) is 1. The highest BCUT2D eigenvalue weighted by Crippen LogP contribution is 2.24. The molecule has 0 aliphatic rings. The largest absolute Gasteiger partial charge is 0.497 e. The van der Waals surface area contributed by atoms with Crippen LogP contribution in [0.15, 0.2) is 45.7 Å². The molecule has 0 fully saturated rings. The Morgan fingerprint density at radius 3 is 2.76 bits per heavy atom. The predicted molar refractivity (Wildman–Crippen MR) is 114 cm³/mol. The molecular weight excluding hydrogens is 410 g/mol. The van der Waals surface area contributed by atoms with Gasteiger partial charge in [0.25, 0.3) is 5.56 Å². The van der Waals surface area contributed by atoms with Gasteiger partial charge in [-0.25, -0.2) is 0 Å². The summed E-state index contributed by atoms with van der Waals surface area (Å²) in [5.41, 5.74) is 1.70. The number of amides is 1. The van der Waals surface area contributed by atoms with Crippen molar-refractivity contribution in [2.75, 3.05) is 12.9 Å². The van der Waals surface area contributed by atoms with Crippen molar-refractivity contribution < 1.29 is 9.53 Å². The fourth-order valence-electron chi connectivity index (χ4n) is 3.00. The molecule has 150 valence electrons. The molecule has 4 aromatic rings. The van der Waals surface area contributed by atoms with Crippen molar-refractivity contribution in [3.8, 4) is 5.75 Å². The molecule has 4 rings (SSSR count). The minimum Gasteiger partial charge on any atom is -0.497 e. The van der Waals surface area contributed by atoms with Crippen LogP contribution in [0.4, 0.5) is 0 Å². The van der Waals surface area contributed by atoms with Gasteiger partial charge in [0.15, 0.2) is 5.16 Å². The molecule has 0 saturated heterocycles. The van der Waals surface area contributed by atoms with Crippen LogP contribution in [0, 0.1) is 0 Å². The molecule has 0 aliphatic heterocycles. The lowest BCUT2D eigenvalue weighted by molar-refractivity contribution is -0.118. The van der Waals surface area contributed by atoms with Crippen LogP contribution in [0.3, 0.4) is 0 Å². The molecule has 1 aromatic carbocycles. The van der Waals surface area contributed by atoms with E-state index >= 15 is 0 Å². The van der Waals surface area contributed by atoms with Gasteiger partial charge in [-0.15, -0.1) is 21.5 Å². The third kappa shape index (κ3) is 3.73. The zero-order valence-electron chi connectivity index (χ0n) is 15.9. The molecule has 3 heterocycles. The number of aromatic nitrogens is 4. The Bertz CT molecular complexity index is 1230. The fraction of sp³-hybridized carbons (Fsp3) is 0.263. The third-order valence-corrected chi connectivity index (χ3v) is 6.30. The van der Waals surface area contributed by atoms with Crippen molar-refractivity contribution in [1.82, 2.24) is 24.5 Å². The van der Waals surface area contributed by atoms with Crippen LogP contribution in [0.25, 0.3) is 16.0 Å². The molecule has 1 amide bonds. The number of carbonyl (C=O) groups excluding carboxylic acids is 1. The van der Waals surface area contributed by atoms with Crippen LogP contribution >= 0.6 is 23.1 Å². The van der Waals surface area contributed by atoms with Gasteiger partial charge in [-0.05, 0) is 36.1 Å². The number of fused-ring (bicyclic) bond motifs is 3. The van der Waals surface area contributed by atoms with Gasteiger partial charge in [-0.3, -0.25) is 18.6 Å². The summed E-state index contributed by atoms with van der Waals surface area (Å²) in [5, 5.41) is 13.8. The normalized spacial score (nSPS) is 11.2. The maximum Gasteiger partial charge on any atom is 0.272 e. The second-order valence-corrected chi connectivity index (χ2v) is 8.07. The Labute approximate surface area is 174 Å². The number of benzene rings is 1. The topological polar surface area (TPSA) is 90.5 Å². The Morgan fingerprint density at radius 1 is 1.24 bits per heavy atom. The van der Waals surface area contributed by atoms with E-state index in [-0.39, 0.29) is 17.2 Å². The van der Waals surface area contributed by atoms with Crippen LogP contribution < -0.4 is 15.6 Å². The summed E-state index contributed by atoms with van der Waals surface area (Å²) in [7, 11) is 1.62. The van der Waals surface area contributed by atoms with E-state index in [9.17, 15) is 9.59 Å². The number of hydrogen-bond donors (Lipinski definition) is 1. The number of thiophene rings is 1. The van der Waals surface area contributed by atoms with E-state index in [1.807, 2.05) is 47.0 Å². The van der Waals surface area contributed by atoms with E-state index in [1.165, 1.54) is 23.1 Å². The molecule has 0 radical (unpaired) electrons. The second kappa shape index (κ2) is 8.26. The average Bonchev–Trinajstić information content (AvgIpc) is 3.38. The quantitative estimate of drug-likeness (QED) is 0.454. The number of rotatable bonds is 7. The third-order valence-electron chi connectivity index (χ3n) is 4.48. The van der Waals surface area contributed by atoms with Gasteiger partial charge >= 0.3 is 0 Å². The van der Waals surface area contributed by atoms with Crippen LogP contribution in [0.5, 0.6) is 5.75 Å². The van der Waals surface area contributed by atoms with Crippen LogP contribution in [-0.2, 0) is 17.9 Å². The van der Waals surface area contributed by atoms with E-state index in [1.54, 1.807) is 11.7 Å². The molecule has 0 unspecified atom stereocenters. The SMILES string of the molecule is CCn1c(=O)c2sccc2n2c(SCC(=O)NCc3ccc(OC)cc3)nnc12. The summed E-state index contributed by atoms with van der Waals surface area (Å²) in [5.74, 6) is 1.37. The maximum absolute atomic E-state index is 12.6. The van der Waals surface area contributed by atoms with E-state index in [0.717, 1.165) is 16.8 Å². The number of thioether (sulfide) groups is 1. The Balaban J connectivity index is 1.49. The number of nitrogens with one attached hydrogen (secondary N) is 1. The van der Waals surface area contributed by atoms with Crippen molar-refractivity contribution >= 4 is 45.0 Å². The molecule has 29 heavy (non-hydrogen) atoms. The van der Waals surface area contributed by atoms with E-state index < -0.39 is 0 Å². The van der Waals surface area contributed by atoms with Gasteiger partial charge in [-0.1, -0.05) is 23.9 Å². The van der Waals surface area contributed by atoms with Crippen LogP contribution in [0.2, 0.25) is 0 Å². The van der Waals surface area contributed by atoms with Gasteiger partial charge < -0.3 is 10.1 Å². The minimum atomic E-state index is -0.104. The van der Waals surface area contributed by atoms with Crippen molar-refractivity contribution in [1.29, 1.82) is 0 Å². The van der Waals surface area contributed by atoms with Gasteiger partial charge in [-0.2, -0.15) is 0 Å². The first-order valence-corrected chi connectivity index (χ1v) is 10.9. The Hall–Kier alpha value is -2.85. The smallest absolute Gasteiger partial charge is 0.272 e. The Kier molecular flexibility index (Phi) is 5.54. The molecule has 0 spiro atoms. The van der Waals surface area contributed by atoms with Crippen LogP contribution in [0.1, 0.15) is 12.5 Å². The zero-order valence-corrected chi connectivity index (χ0v) is 17.5. The average molecular weight is 430 g/mol. The fourth-order valence-corrected chi connectivity index (χ4v) is 4.60. The molecule has 8 nitrogen and oxygen atoms in total. The minimum absolute atomic E-state index is 0.0637. The number of hydrogen-bond acceptors (Lipinski definition) is 7. The summed E-state index contributed by atoms with van der Waals surface area (Å²) in [6.07, 6.45) is 0. The van der Waals surface area contributed by atoms with Gasteiger partial charge in [0.2, 0.25) is 11.7 Å². The number of carbonyl (C=O) groups is 1. The molecule has 0 bridgehead atoms. The molecule has 3 aromatic heterocycles. The van der Waals surface area contributed by atoms with Crippen LogP contribution in [-0.4, -0.2) is 37.9 Å². The highest BCUT2D eigenvalue weighted by molar-refractivity contribution is 7.99. The summed E-state index contributed by atoms with van der Waals surface area (Å²) >= 11 is 2.69. The first-order valence-electron chi connectivity index (χ1n) is 9.00. The predicted octanol–water partition coefficient (Wildman–Crippen LogP) is 2.54. The maximum atomic E-state index is 12.6. The number of aryl methyl sites for hydroxylation is 1. The number of methoxy groups -OCH3 is 1. The monoisotopic (exact) mass is 429 g/mol. The van der Waals surface area contributed by atoms with Crippen molar-refractivity contribution in [2.45, 2.75) is 25.2 Å². The molecular formula is C19H19N5O3S2. The summed E-state index contributed by atoms with van der Waals surface area (Å²) in [6, 6.07) is 9.42. The van der Waals surface area contributed by atoms with Gasteiger partial charge in [0.1, 0.15) is 10.4 Å². The van der Waals surface area contributed by atoms with Crippen molar-refractivity contribution in [3.63, 3.8) is 0 Å². The standard InChI is InChI=1S/C19H19N5O3S2/c1-3-23-17(26)16-14(8-9-28-16)24-18(23)21-22-19(24)29-11-15(25)20-10-12-4-6-13(27-2)7-5-12/h4-9H,3,10-11H2,1-2H3,(H,20,25). The molecule has 10 heteroatoms. The second-order valence-electron chi connectivity index (χ2n) is 6.22. The molecule has 0 aliphatic carbocycles. The molecule has 0 atom stereocenters. The lowest BCUT2D eigenvalue weighted by Gasteiger charge is -2.07. The van der Waals surface area contributed by atoms with Gasteiger partial charge in [0.05, 0.1) is 18.4 Å². The lowest BCUT2D eigenvalue weighted by atomic mass is 10.2. The van der Waals surface area contributed by atoms with Crippen molar-refractivity contribution in [3.05, 3.63) is 51.6 Å². The highest BCUT2D eigenvalue weighted by atomic mass is 32.2. The van der Waals surface area contributed by atoms with E-state index in [2.05, 4.69) is 15.5 Å². The summed E-state index contributed by atoms with van der Waals surface area (Å²) < 4.78 is 9.23. The molecule has 1 N–H and O–H groups in total. The lowest BCUT2D eigenvalue weighted by Crippen LogP contribution is -2.24. The van der Waals surface area contributed by atoms with E-state index in [0.29, 0.717) is 28.7 Å². The van der Waals surface area contributed by atoms with E-state index in [4.69, 9.17) is 4.74 Å². The number of nitrogens with zero attached hydrogens (tertiary/aromatic N) is 4. The summed E-state index contributed by atoms with van der Waals surface area (Å²) in [6.45, 7) is 2.84. The van der Waals surface area contributed by atoms with Crippen molar-refractivity contribution in [2.24, 2.45) is 0 Å². The zero-order chi connectivity index (χ0) is 20.4. The summed E-state index contributed by atoms with van der Waals surface area (Å²) in [4.78, 5) is 24.9. The Morgan fingerprint density at radius 2 is 2.03 bits per heavy atom. The first-order chi connectivity index (χ1) is 14.1. The molecule has 0 saturated carbocycles. The van der Waals surface area contributed by atoms with Gasteiger partial charge in [0, 0.05) is 13.1 Å². The first kappa shape index (κ1) is 19.5.